The molecule has 0 radical (unpaired) electrons. The van der Waals surface area contributed by atoms with Crippen LogP contribution < -0.4 is 15.4 Å². The van der Waals surface area contributed by atoms with Gasteiger partial charge in [-0.15, -0.1) is 0 Å². The lowest BCUT2D eigenvalue weighted by molar-refractivity contribution is -0.115. The summed E-state index contributed by atoms with van der Waals surface area (Å²) in [5.41, 5.74) is 2.15. The Labute approximate surface area is 148 Å². The van der Waals surface area contributed by atoms with Gasteiger partial charge >= 0.3 is 0 Å². The third-order valence-electron chi connectivity index (χ3n) is 3.46. The molecule has 0 atom stereocenters. The van der Waals surface area contributed by atoms with Gasteiger partial charge in [-0.25, -0.2) is 0 Å². The molecule has 25 heavy (non-hydrogen) atoms. The molecule has 5 heteroatoms. The van der Waals surface area contributed by atoms with Crippen molar-refractivity contribution in [2.75, 3.05) is 17.2 Å². The highest BCUT2D eigenvalue weighted by atomic mass is 16.5. The maximum atomic E-state index is 12.0. The smallest absolute Gasteiger partial charge is 0.226 e. The van der Waals surface area contributed by atoms with Crippen LogP contribution in [-0.4, -0.2) is 24.3 Å². The third-order valence-corrected chi connectivity index (χ3v) is 3.46. The van der Waals surface area contributed by atoms with Gasteiger partial charge in [0.05, 0.1) is 6.10 Å². The summed E-state index contributed by atoms with van der Waals surface area (Å²) in [6, 6.07) is 14.6. The van der Waals surface area contributed by atoms with E-state index in [0.29, 0.717) is 24.2 Å². The number of Topliss-reactive ketones (excluding diaryl/α,β-unsaturated/α-hetero) is 1. The Balaban J connectivity index is 1.78. The molecular weight excluding hydrogens is 316 g/mol. The topological polar surface area (TPSA) is 67.4 Å². The van der Waals surface area contributed by atoms with Gasteiger partial charge < -0.3 is 15.4 Å². The van der Waals surface area contributed by atoms with Crippen LogP contribution in [0.25, 0.3) is 0 Å². The summed E-state index contributed by atoms with van der Waals surface area (Å²) in [4.78, 5) is 23.4. The number of hydrogen-bond acceptors (Lipinski definition) is 4. The minimum atomic E-state index is -0.104. The fourth-order valence-electron chi connectivity index (χ4n) is 2.28. The number of ketones is 1. The van der Waals surface area contributed by atoms with E-state index in [4.69, 9.17) is 4.74 Å². The Kier molecular flexibility index (Phi) is 6.57. The monoisotopic (exact) mass is 340 g/mol. The van der Waals surface area contributed by atoms with Gasteiger partial charge in [-0.1, -0.05) is 12.1 Å². The van der Waals surface area contributed by atoms with Crippen molar-refractivity contribution in [2.45, 2.75) is 33.3 Å². The third kappa shape index (κ3) is 6.30. The van der Waals surface area contributed by atoms with Crippen LogP contribution in [0, 0.1) is 0 Å². The fourth-order valence-corrected chi connectivity index (χ4v) is 2.28. The molecule has 2 rings (SSSR count). The van der Waals surface area contributed by atoms with Gasteiger partial charge in [0, 0.05) is 29.9 Å². The van der Waals surface area contributed by atoms with E-state index in [-0.39, 0.29) is 17.8 Å². The lowest BCUT2D eigenvalue weighted by atomic mass is 10.1. The minimum absolute atomic E-state index is 0.0253. The Morgan fingerprint density at radius 1 is 1.04 bits per heavy atom. The second kappa shape index (κ2) is 8.87. The molecule has 1 amide bonds. The number of carbonyl (C=O) groups is 2. The number of hydrogen-bond donors (Lipinski definition) is 2. The van der Waals surface area contributed by atoms with Gasteiger partial charge in [0.2, 0.25) is 5.91 Å². The van der Waals surface area contributed by atoms with E-state index in [2.05, 4.69) is 10.6 Å². The lowest BCUT2D eigenvalue weighted by Gasteiger charge is -2.11. The Morgan fingerprint density at radius 3 is 2.40 bits per heavy atom. The maximum Gasteiger partial charge on any atom is 0.226 e. The molecule has 0 aromatic heterocycles. The zero-order chi connectivity index (χ0) is 18.2. The number of ether oxygens (including phenoxy) is 1. The second-order valence-electron chi connectivity index (χ2n) is 6.05. The van der Waals surface area contributed by atoms with E-state index in [1.165, 1.54) is 6.92 Å². The van der Waals surface area contributed by atoms with Crippen molar-refractivity contribution in [3.05, 3.63) is 54.1 Å². The molecule has 0 saturated heterocycles. The van der Waals surface area contributed by atoms with Crippen molar-refractivity contribution >= 4 is 23.1 Å². The van der Waals surface area contributed by atoms with Crippen LogP contribution in [0.4, 0.5) is 11.4 Å². The predicted molar refractivity (Wildman–Crippen MR) is 100 cm³/mol. The maximum absolute atomic E-state index is 12.0. The Morgan fingerprint density at radius 2 is 1.76 bits per heavy atom. The van der Waals surface area contributed by atoms with E-state index < -0.39 is 0 Å². The molecule has 132 valence electrons. The van der Waals surface area contributed by atoms with Crippen molar-refractivity contribution in [3.63, 3.8) is 0 Å². The normalized spacial score (nSPS) is 10.4. The number of carbonyl (C=O) groups excluding carboxylic acids is 2. The van der Waals surface area contributed by atoms with E-state index in [0.717, 1.165) is 11.4 Å². The van der Waals surface area contributed by atoms with Gasteiger partial charge in [0.25, 0.3) is 0 Å². The number of anilines is 2. The molecule has 0 aliphatic carbocycles. The van der Waals surface area contributed by atoms with Gasteiger partial charge in [0.1, 0.15) is 5.75 Å². The molecular formula is C20H24N2O3. The molecule has 0 aliphatic rings. The van der Waals surface area contributed by atoms with E-state index >= 15 is 0 Å². The fraction of sp³-hybridized carbons (Fsp3) is 0.300. The second-order valence-corrected chi connectivity index (χ2v) is 6.05. The highest BCUT2D eigenvalue weighted by Gasteiger charge is 2.05. The first-order chi connectivity index (χ1) is 11.9. The lowest BCUT2D eigenvalue weighted by Crippen LogP contribution is -2.16. The molecule has 2 aromatic carbocycles. The SMILES string of the molecule is CC(=O)c1cccc(NC(=O)CCNc2ccc(OC(C)C)cc2)c1. The number of benzene rings is 2. The molecule has 0 spiro atoms. The molecule has 0 bridgehead atoms. The van der Waals surface area contributed by atoms with Crippen LogP contribution in [0.15, 0.2) is 48.5 Å². The summed E-state index contributed by atoms with van der Waals surface area (Å²) in [7, 11) is 0. The van der Waals surface area contributed by atoms with Crippen molar-refractivity contribution in [3.8, 4) is 5.75 Å². The van der Waals surface area contributed by atoms with Crippen LogP contribution in [-0.2, 0) is 4.79 Å². The minimum Gasteiger partial charge on any atom is -0.491 e. The zero-order valence-corrected chi connectivity index (χ0v) is 14.8. The number of amides is 1. The molecule has 0 saturated carbocycles. The van der Waals surface area contributed by atoms with Crippen molar-refractivity contribution < 1.29 is 14.3 Å². The number of rotatable bonds is 8. The van der Waals surface area contributed by atoms with E-state index in [1.807, 2.05) is 38.1 Å². The molecule has 0 unspecified atom stereocenters. The molecule has 2 N–H and O–H groups in total. The summed E-state index contributed by atoms with van der Waals surface area (Å²) in [6.07, 6.45) is 0.471. The van der Waals surface area contributed by atoms with Crippen LogP contribution >= 0.6 is 0 Å². The largest absolute Gasteiger partial charge is 0.491 e. The highest BCUT2D eigenvalue weighted by molar-refractivity contribution is 5.97. The predicted octanol–water partition coefficient (Wildman–Crippen LogP) is 4.12. The van der Waals surface area contributed by atoms with E-state index in [9.17, 15) is 9.59 Å². The summed E-state index contributed by atoms with van der Waals surface area (Å²) >= 11 is 0. The Bertz CT molecular complexity index is 724. The molecule has 0 aliphatic heterocycles. The van der Waals surface area contributed by atoms with E-state index in [1.54, 1.807) is 24.3 Å². The quantitative estimate of drug-likeness (QED) is 0.710. The zero-order valence-electron chi connectivity index (χ0n) is 14.8. The van der Waals surface area contributed by atoms with Crippen molar-refractivity contribution in [1.82, 2.24) is 0 Å². The molecule has 5 nitrogen and oxygen atoms in total. The highest BCUT2D eigenvalue weighted by Crippen LogP contribution is 2.17. The molecule has 0 fully saturated rings. The number of nitrogens with one attached hydrogen (secondary N) is 2. The van der Waals surface area contributed by atoms with Crippen molar-refractivity contribution in [1.29, 1.82) is 0 Å². The standard InChI is InChI=1S/C20H24N2O3/c1-14(2)25-19-9-7-17(8-10-19)21-12-11-20(24)22-18-6-4-5-16(13-18)15(3)23/h4-10,13-14,21H,11-12H2,1-3H3,(H,22,24). The summed E-state index contributed by atoms with van der Waals surface area (Å²) in [5, 5.41) is 6.00. The Hall–Kier alpha value is -2.82. The van der Waals surface area contributed by atoms with Gasteiger partial charge in [-0.3, -0.25) is 9.59 Å². The van der Waals surface area contributed by atoms with Gasteiger partial charge in [0.15, 0.2) is 5.78 Å². The van der Waals surface area contributed by atoms with Crippen LogP contribution in [0.3, 0.4) is 0 Å². The average molecular weight is 340 g/mol. The summed E-state index contributed by atoms with van der Waals surface area (Å²) < 4.78 is 5.59. The van der Waals surface area contributed by atoms with Gasteiger partial charge in [-0.05, 0) is 57.2 Å². The van der Waals surface area contributed by atoms with Crippen molar-refractivity contribution in [2.24, 2.45) is 0 Å². The molecule has 0 heterocycles. The first-order valence-corrected chi connectivity index (χ1v) is 8.35. The first kappa shape index (κ1) is 18.5. The average Bonchev–Trinajstić information content (AvgIpc) is 2.56. The van der Waals surface area contributed by atoms with Crippen LogP contribution in [0.5, 0.6) is 5.75 Å². The van der Waals surface area contributed by atoms with Crippen LogP contribution in [0.2, 0.25) is 0 Å². The van der Waals surface area contributed by atoms with Crippen LogP contribution in [0.1, 0.15) is 37.6 Å². The summed E-state index contributed by atoms with van der Waals surface area (Å²) in [5.74, 6) is 0.694. The summed E-state index contributed by atoms with van der Waals surface area (Å²) in [6.45, 7) is 5.98. The molecule has 2 aromatic rings. The first-order valence-electron chi connectivity index (χ1n) is 8.35. The van der Waals surface area contributed by atoms with Gasteiger partial charge in [-0.2, -0.15) is 0 Å².